The van der Waals surface area contributed by atoms with Crippen LogP contribution in [0.3, 0.4) is 0 Å². The molecule has 0 spiro atoms. The average Bonchev–Trinajstić information content (AvgIpc) is 2.75. The third-order valence-corrected chi connectivity index (χ3v) is 3.84. The molecule has 7 N–H and O–H groups in total. The van der Waals surface area contributed by atoms with Crippen LogP contribution in [-0.2, 0) is 19.1 Å². The molecule has 0 saturated carbocycles. The first-order valence-electron chi connectivity index (χ1n) is 9.68. The summed E-state index contributed by atoms with van der Waals surface area (Å²) in [4.78, 5) is 35.4. The minimum absolute atomic E-state index is 0.00102. The highest BCUT2D eigenvalue weighted by Crippen LogP contribution is 2.18. The van der Waals surface area contributed by atoms with Crippen molar-refractivity contribution in [2.24, 2.45) is 11.5 Å². The standard InChI is InChI=1S/C19H27N7O5/c20-6-8-30-10-11-31-9-7-22-18-24-16(13-4-2-1-3-5-13)25-19(26-18)23-14(17(28)29)12-15(21)27/h1-5,14H,6-12,20H2,(H2,21,27)(H,28,29)(H2,22,23,24,25,26)/t14-/m0/s1. The molecular weight excluding hydrogens is 406 g/mol. The fraction of sp³-hybridized carbons (Fsp3) is 0.421. The number of carboxylic acid groups (broad SMARTS) is 1. The summed E-state index contributed by atoms with van der Waals surface area (Å²) in [6, 6.07) is 7.86. The molecule has 1 atom stereocenters. The number of nitrogens with one attached hydrogen (secondary N) is 2. The molecule has 12 nitrogen and oxygen atoms in total. The molecule has 0 aliphatic heterocycles. The molecular formula is C19H27N7O5. The maximum absolute atomic E-state index is 11.4. The lowest BCUT2D eigenvalue weighted by atomic mass is 10.2. The Kier molecular flexibility index (Phi) is 10.1. The largest absolute Gasteiger partial charge is 0.480 e. The number of aliphatic carboxylic acids is 1. The second-order valence-corrected chi connectivity index (χ2v) is 6.32. The molecule has 1 amide bonds. The number of rotatable bonds is 15. The van der Waals surface area contributed by atoms with Gasteiger partial charge in [-0.1, -0.05) is 30.3 Å². The molecule has 1 aromatic heterocycles. The van der Waals surface area contributed by atoms with Crippen molar-refractivity contribution >= 4 is 23.8 Å². The lowest BCUT2D eigenvalue weighted by Crippen LogP contribution is -2.34. The van der Waals surface area contributed by atoms with Gasteiger partial charge in [-0.3, -0.25) is 4.79 Å². The van der Waals surface area contributed by atoms with Crippen LogP contribution in [-0.4, -0.2) is 77.5 Å². The predicted octanol–water partition coefficient (Wildman–Crippen LogP) is -0.317. The van der Waals surface area contributed by atoms with Gasteiger partial charge in [-0.15, -0.1) is 0 Å². The summed E-state index contributed by atoms with van der Waals surface area (Å²) < 4.78 is 10.7. The van der Waals surface area contributed by atoms with Crippen molar-refractivity contribution in [2.45, 2.75) is 12.5 Å². The fourth-order valence-corrected chi connectivity index (χ4v) is 2.43. The second-order valence-electron chi connectivity index (χ2n) is 6.32. The number of carboxylic acids is 1. The maximum atomic E-state index is 11.4. The molecule has 12 heteroatoms. The molecule has 31 heavy (non-hydrogen) atoms. The molecule has 0 fully saturated rings. The van der Waals surface area contributed by atoms with Crippen LogP contribution in [0.15, 0.2) is 30.3 Å². The van der Waals surface area contributed by atoms with Gasteiger partial charge in [0.15, 0.2) is 5.82 Å². The van der Waals surface area contributed by atoms with E-state index in [0.717, 1.165) is 0 Å². The normalized spacial score (nSPS) is 11.6. The molecule has 0 aliphatic rings. The van der Waals surface area contributed by atoms with Crippen molar-refractivity contribution < 1.29 is 24.2 Å². The second kappa shape index (κ2) is 13.1. The summed E-state index contributed by atoms with van der Waals surface area (Å²) in [7, 11) is 0. The number of anilines is 2. The Morgan fingerprint density at radius 3 is 2.32 bits per heavy atom. The molecule has 2 aromatic rings. The van der Waals surface area contributed by atoms with E-state index in [0.29, 0.717) is 50.9 Å². The van der Waals surface area contributed by atoms with Crippen LogP contribution in [0, 0.1) is 0 Å². The first-order valence-corrected chi connectivity index (χ1v) is 9.68. The van der Waals surface area contributed by atoms with Crippen LogP contribution in [0.4, 0.5) is 11.9 Å². The van der Waals surface area contributed by atoms with Crippen molar-refractivity contribution in [3.05, 3.63) is 30.3 Å². The number of aromatic nitrogens is 3. The van der Waals surface area contributed by atoms with Crippen molar-refractivity contribution in [1.82, 2.24) is 15.0 Å². The van der Waals surface area contributed by atoms with Crippen LogP contribution in [0.25, 0.3) is 11.4 Å². The Morgan fingerprint density at radius 1 is 1.00 bits per heavy atom. The summed E-state index contributed by atoms with van der Waals surface area (Å²) >= 11 is 0. The monoisotopic (exact) mass is 433 g/mol. The fourth-order valence-electron chi connectivity index (χ4n) is 2.43. The molecule has 168 valence electrons. The predicted molar refractivity (Wildman–Crippen MR) is 113 cm³/mol. The smallest absolute Gasteiger partial charge is 0.326 e. The van der Waals surface area contributed by atoms with Crippen molar-refractivity contribution in [1.29, 1.82) is 0 Å². The molecule has 0 aliphatic carbocycles. The van der Waals surface area contributed by atoms with Crippen LogP contribution in [0.2, 0.25) is 0 Å². The van der Waals surface area contributed by atoms with E-state index in [1.54, 1.807) is 0 Å². The zero-order chi connectivity index (χ0) is 22.5. The summed E-state index contributed by atoms with van der Waals surface area (Å²) in [6.45, 7) is 2.60. The summed E-state index contributed by atoms with van der Waals surface area (Å²) in [5.74, 6) is -1.45. The molecule has 0 unspecified atom stereocenters. The Labute approximate surface area is 179 Å². The third kappa shape index (κ3) is 8.90. The number of carbonyl (C=O) groups excluding carboxylic acids is 1. The molecule has 1 aromatic carbocycles. The molecule has 2 rings (SSSR count). The highest BCUT2D eigenvalue weighted by Gasteiger charge is 2.21. The lowest BCUT2D eigenvalue weighted by molar-refractivity contribution is -0.139. The topological polar surface area (TPSA) is 188 Å². The van der Waals surface area contributed by atoms with Crippen LogP contribution in [0.1, 0.15) is 6.42 Å². The molecule has 0 radical (unpaired) electrons. The van der Waals surface area contributed by atoms with Gasteiger partial charge in [-0.2, -0.15) is 15.0 Å². The SMILES string of the molecule is NCCOCCOCCNc1nc(N[C@@H](CC(N)=O)C(=O)O)nc(-c2ccccc2)n1. The van der Waals surface area contributed by atoms with Gasteiger partial charge in [0.25, 0.3) is 0 Å². The Balaban J connectivity index is 2.07. The highest BCUT2D eigenvalue weighted by molar-refractivity contribution is 5.85. The highest BCUT2D eigenvalue weighted by atomic mass is 16.5. The molecule has 0 bridgehead atoms. The zero-order valence-corrected chi connectivity index (χ0v) is 17.0. The minimum atomic E-state index is -1.27. The van der Waals surface area contributed by atoms with E-state index >= 15 is 0 Å². The van der Waals surface area contributed by atoms with Gasteiger partial charge < -0.3 is 36.7 Å². The van der Waals surface area contributed by atoms with Gasteiger partial charge in [0.2, 0.25) is 17.8 Å². The van der Waals surface area contributed by atoms with Gasteiger partial charge in [0.1, 0.15) is 6.04 Å². The van der Waals surface area contributed by atoms with Crippen LogP contribution in [0.5, 0.6) is 0 Å². The van der Waals surface area contributed by atoms with Gasteiger partial charge >= 0.3 is 5.97 Å². The van der Waals surface area contributed by atoms with Crippen molar-refractivity contribution in [3.63, 3.8) is 0 Å². The number of hydrogen-bond acceptors (Lipinski definition) is 10. The Morgan fingerprint density at radius 2 is 1.68 bits per heavy atom. The molecule has 0 saturated heterocycles. The number of carbonyl (C=O) groups is 2. The van der Waals surface area contributed by atoms with E-state index < -0.39 is 24.3 Å². The van der Waals surface area contributed by atoms with Gasteiger partial charge in [-0.05, 0) is 0 Å². The van der Waals surface area contributed by atoms with E-state index in [9.17, 15) is 14.7 Å². The number of nitrogens with zero attached hydrogens (tertiary/aromatic N) is 3. The summed E-state index contributed by atoms with van der Waals surface area (Å²) in [6.07, 6.45) is -0.412. The van der Waals surface area contributed by atoms with E-state index in [4.69, 9.17) is 20.9 Å². The van der Waals surface area contributed by atoms with E-state index in [2.05, 4.69) is 25.6 Å². The minimum Gasteiger partial charge on any atom is -0.480 e. The van der Waals surface area contributed by atoms with Crippen LogP contribution < -0.4 is 22.1 Å². The number of primary amides is 1. The lowest BCUT2D eigenvalue weighted by Gasteiger charge is -2.14. The Hall–Kier alpha value is -3.35. The number of hydrogen-bond donors (Lipinski definition) is 5. The number of benzene rings is 1. The number of nitrogens with two attached hydrogens (primary N) is 2. The van der Waals surface area contributed by atoms with Crippen LogP contribution >= 0.6 is 0 Å². The van der Waals surface area contributed by atoms with Crippen molar-refractivity contribution in [2.75, 3.05) is 50.2 Å². The first-order chi connectivity index (χ1) is 15.0. The first kappa shape index (κ1) is 23.9. The average molecular weight is 433 g/mol. The van der Waals surface area contributed by atoms with E-state index in [1.165, 1.54) is 0 Å². The van der Waals surface area contributed by atoms with E-state index in [1.807, 2.05) is 30.3 Å². The maximum Gasteiger partial charge on any atom is 0.326 e. The third-order valence-electron chi connectivity index (χ3n) is 3.84. The quantitative estimate of drug-likeness (QED) is 0.232. The molecule has 1 heterocycles. The zero-order valence-electron chi connectivity index (χ0n) is 17.0. The van der Waals surface area contributed by atoms with E-state index in [-0.39, 0.29) is 11.9 Å². The number of ether oxygens (including phenoxy) is 2. The van der Waals surface area contributed by atoms with Gasteiger partial charge in [0, 0.05) is 18.7 Å². The Bertz CT molecular complexity index is 838. The number of amides is 1. The van der Waals surface area contributed by atoms with Crippen molar-refractivity contribution in [3.8, 4) is 11.4 Å². The van der Waals surface area contributed by atoms with Gasteiger partial charge in [0.05, 0.1) is 32.8 Å². The summed E-state index contributed by atoms with van der Waals surface area (Å²) in [5.41, 5.74) is 11.2. The summed E-state index contributed by atoms with van der Waals surface area (Å²) in [5, 5.41) is 15.0. The van der Waals surface area contributed by atoms with Gasteiger partial charge in [-0.25, -0.2) is 4.79 Å².